The van der Waals surface area contributed by atoms with Crippen molar-refractivity contribution in [2.45, 2.75) is 0 Å². The Morgan fingerprint density at radius 1 is 1.00 bits per heavy atom. The Morgan fingerprint density at radius 3 is 1.00 bits per heavy atom. The number of halogens is 4. The molecule has 0 unspecified atom stereocenters. The van der Waals surface area contributed by atoms with E-state index in [1.54, 1.807) is 0 Å². The average Bonchev–Trinajstić information content (AvgIpc) is 0.918. The summed E-state index contributed by atoms with van der Waals surface area (Å²) in [4.78, 5) is 0. The zero-order valence-corrected chi connectivity index (χ0v) is 5.13. The van der Waals surface area contributed by atoms with Crippen LogP contribution >= 0.6 is 48.5 Å². The highest BCUT2D eigenvalue weighted by atomic mass is 35.6. The first-order valence-electron chi connectivity index (χ1n) is 0.309. The molecule has 5 heavy (non-hydrogen) atoms. The van der Waals surface area contributed by atoms with E-state index in [0.29, 0.717) is 0 Å². The lowest BCUT2D eigenvalue weighted by Crippen LogP contribution is -1.15. The van der Waals surface area contributed by atoms with E-state index < -0.39 is 0 Å². The monoisotopic (exact) mass is 158 g/mol. The van der Waals surface area contributed by atoms with Gasteiger partial charge in [0.15, 0.2) is 0 Å². The second-order valence-corrected chi connectivity index (χ2v) is 0.525. The van der Waals surface area contributed by atoms with Crippen LogP contribution in [0.5, 0.6) is 0 Å². The zero-order valence-electron chi connectivity index (χ0n) is 1.98. The third kappa shape index (κ3) is 39.7. The van der Waals surface area contributed by atoms with Crippen molar-refractivity contribution in [2.24, 2.45) is 0 Å². The van der Waals surface area contributed by atoms with E-state index in [4.69, 9.17) is 0 Å². The summed E-state index contributed by atoms with van der Waals surface area (Å²) in [6.07, 6.45) is 0. The SMILES string of the molecule is Cl.Cl.ClOCl. The maximum Gasteiger partial charge on any atom is 0.0832 e. The van der Waals surface area contributed by atoms with Gasteiger partial charge in [-0.15, -0.1) is 24.8 Å². The fourth-order valence-corrected chi connectivity index (χ4v) is 0. The van der Waals surface area contributed by atoms with Gasteiger partial charge in [0.25, 0.3) is 0 Å². The van der Waals surface area contributed by atoms with Crippen LogP contribution in [0.25, 0.3) is 0 Å². The third-order valence-electron chi connectivity index (χ3n) is 0. The van der Waals surface area contributed by atoms with Gasteiger partial charge in [-0.3, -0.25) is 0 Å². The molecule has 0 aliphatic rings. The molecule has 0 fully saturated rings. The second kappa shape index (κ2) is 19.3. The lowest BCUT2D eigenvalue weighted by atomic mass is 15.9. The lowest BCUT2D eigenvalue weighted by molar-refractivity contribution is 0.697. The van der Waals surface area contributed by atoms with Crippen LogP contribution in [0, 0.1) is 0 Å². The van der Waals surface area contributed by atoms with Crippen molar-refractivity contribution >= 4 is 48.5 Å². The van der Waals surface area contributed by atoms with Crippen molar-refractivity contribution in [3.8, 4) is 0 Å². The molecule has 0 N–H and O–H groups in total. The van der Waals surface area contributed by atoms with Crippen LogP contribution in [0.4, 0.5) is 0 Å². The Bertz CT molecular complexity index is 3.61. The molecule has 1 nitrogen and oxygen atoms in total. The van der Waals surface area contributed by atoms with Crippen molar-refractivity contribution in [1.82, 2.24) is 0 Å². The molecule has 0 spiro atoms. The van der Waals surface area contributed by atoms with E-state index in [-0.39, 0.29) is 24.8 Å². The summed E-state index contributed by atoms with van der Waals surface area (Å²) in [6, 6.07) is 0. The van der Waals surface area contributed by atoms with Gasteiger partial charge in [-0.2, -0.15) is 3.84 Å². The fraction of sp³-hybridized carbons (Fsp3) is 0. The van der Waals surface area contributed by atoms with Crippen LogP contribution in [0.15, 0.2) is 0 Å². The molecule has 0 aromatic rings. The lowest BCUT2D eigenvalue weighted by Gasteiger charge is -1.46. The highest BCUT2D eigenvalue weighted by Gasteiger charge is 1.38. The van der Waals surface area contributed by atoms with Crippen LogP contribution in [0.2, 0.25) is 0 Å². The van der Waals surface area contributed by atoms with Gasteiger partial charge in [-0.1, -0.05) is 0 Å². The molecule has 0 radical (unpaired) electrons. The fourth-order valence-electron chi connectivity index (χ4n) is 0. The Hall–Kier alpha value is 1.12. The van der Waals surface area contributed by atoms with E-state index in [1.807, 2.05) is 0 Å². The topological polar surface area (TPSA) is 9.23 Å². The molecule has 0 bridgehead atoms. The van der Waals surface area contributed by atoms with Gasteiger partial charge >= 0.3 is 0 Å². The Labute approximate surface area is 52.7 Å². The number of rotatable bonds is 0. The molecule has 0 rings (SSSR count). The molecule has 5 heteroatoms. The first kappa shape index (κ1) is 16.5. The Morgan fingerprint density at radius 2 is 1.00 bits per heavy atom. The van der Waals surface area contributed by atoms with Crippen molar-refractivity contribution in [2.75, 3.05) is 0 Å². The summed E-state index contributed by atoms with van der Waals surface area (Å²) < 4.78 is 3.19. The molecule has 0 atom stereocenters. The molecule has 0 aliphatic heterocycles. The first-order valence-corrected chi connectivity index (χ1v) is 0.926. The van der Waals surface area contributed by atoms with Gasteiger partial charge in [0, 0.05) is 0 Å². The molecule has 36 valence electrons. The molecule has 0 amide bonds. The smallest absolute Gasteiger partial charge is 0.0832 e. The van der Waals surface area contributed by atoms with Gasteiger partial charge in [-0.25, -0.2) is 0 Å². The molecule has 0 aromatic heterocycles. The van der Waals surface area contributed by atoms with E-state index in [1.165, 1.54) is 0 Å². The Balaban J connectivity index is -0.0000000200. The zero-order chi connectivity index (χ0) is 2.71. The van der Waals surface area contributed by atoms with Gasteiger partial charge in [0.1, 0.15) is 0 Å². The average molecular weight is 160 g/mol. The van der Waals surface area contributed by atoms with E-state index in [2.05, 4.69) is 27.6 Å². The van der Waals surface area contributed by atoms with Gasteiger partial charge in [0.05, 0.1) is 23.7 Å². The Kier molecular flexibility index (Phi) is 63.7. The third-order valence-corrected chi connectivity index (χ3v) is 0. The highest BCUT2D eigenvalue weighted by Crippen LogP contribution is 1.78. The van der Waals surface area contributed by atoms with E-state index in [9.17, 15) is 0 Å². The summed E-state index contributed by atoms with van der Waals surface area (Å²) in [6.45, 7) is 0. The molecule has 0 aromatic carbocycles. The second-order valence-electron chi connectivity index (χ2n) is 0.0583. The van der Waals surface area contributed by atoms with Crippen LogP contribution in [0.3, 0.4) is 0 Å². The maximum atomic E-state index is 4.26. The minimum atomic E-state index is 0. The van der Waals surface area contributed by atoms with Gasteiger partial charge in [-0.05, 0) is 0 Å². The maximum absolute atomic E-state index is 4.26. The number of hydrogen-bond donors (Lipinski definition) is 0. The van der Waals surface area contributed by atoms with Crippen molar-refractivity contribution in [1.29, 1.82) is 0 Å². The summed E-state index contributed by atoms with van der Waals surface area (Å²) in [5.41, 5.74) is 0. The summed E-state index contributed by atoms with van der Waals surface area (Å²) in [7, 11) is 0. The normalized spacial score (nSPS) is 3.60. The van der Waals surface area contributed by atoms with Crippen LogP contribution in [0.1, 0.15) is 0 Å². The summed E-state index contributed by atoms with van der Waals surface area (Å²) in [5, 5.41) is 0. The highest BCUT2D eigenvalue weighted by molar-refractivity contribution is 6.24. The van der Waals surface area contributed by atoms with Crippen molar-refractivity contribution in [3.63, 3.8) is 0 Å². The molecule has 0 saturated heterocycles. The standard InChI is InChI=1S/Cl2O.2ClH/c1-3-2;;/h;2*1H. The van der Waals surface area contributed by atoms with Crippen molar-refractivity contribution in [3.05, 3.63) is 0 Å². The van der Waals surface area contributed by atoms with Crippen LogP contribution in [-0.4, -0.2) is 0 Å². The minimum absolute atomic E-state index is 0. The predicted octanol–water partition coefficient (Wildman–Crippen LogP) is 2.15. The van der Waals surface area contributed by atoms with Crippen molar-refractivity contribution < 1.29 is 3.84 Å². The van der Waals surface area contributed by atoms with Gasteiger partial charge < -0.3 is 0 Å². The molecular weight excluding hydrogens is 158 g/mol. The number of hydrogen-bond acceptors (Lipinski definition) is 1. The quantitative estimate of drug-likeness (QED) is 0.527. The van der Waals surface area contributed by atoms with Crippen LogP contribution < -0.4 is 0 Å². The van der Waals surface area contributed by atoms with E-state index in [0.717, 1.165) is 0 Å². The first-order chi connectivity index (χ1) is 1.41. The predicted molar refractivity (Wildman–Crippen MR) is 27.3 cm³/mol. The minimum Gasteiger partial charge on any atom is -0.166 e. The van der Waals surface area contributed by atoms with Crippen LogP contribution in [-0.2, 0) is 3.84 Å². The molecular formula is H2Cl4O. The summed E-state index contributed by atoms with van der Waals surface area (Å²) >= 11 is 8.53. The molecule has 0 heterocycles. The largest absolute Gasteiger partial charge is 0.166 e. The van der Waals surface area contributed by atoms with Gasteiger partial charge in [0.2, 0.25) is 0 Å². The summed E-state index contributed by atoms with van der Waals surface area (Å²) in [5.74, 6) is 0. The molecule has 0 saturated carbocycles. The molecule has 0 aliphatic carbocycles. The van der Waals surface area contributed by atoms with E-state index >= 15 is 0 Å².